The van der Waals surface area contributed by atoms with Gasteiger partial charge in [0.25, 0.3) is 0 Å². The van der Waals surface area contributed by atoms with Crippen LogP contribution in [0.1, 0.15) is 37.7 Å². The van der Waals surface area contributed by atoms with Gasteiger partial charge in [-0.05, 0) is 31.2 Å². The molecule has 1 aromatic carbocycles. The fourth-order valence-electron chi connectivity index (χ4n) is 3.07. The van der Waals surface area contributed by atoms with E-state index in [2.05, 4.69) is 56.6 Å². The third-order valence-corrected chi connectivity index (χ3v) is 4.37. The molecule has 4 nitrogen and oxygen atoms in total. The van der Waals surface area contributed by atoms with Crippen molar-refractivity contribution >= 4 is 11.6 Å². The Labute approximate surface area is 139 Å². The average Bonchev–Trinajstić information content (AvgIpc) is 2.89. The Bertz CT molecular complexity index is 577. The molecule has 1 aliphatic heterocycles. The van der Waals surface area contributed by atoms with Crippen LogP contribution in [0.4, 0.5) is 11.6 Å². The summed E-state index contributed by atoms with van der Waals surface area (Å²) in [5, 5.41) is 3.43. The normalized spacial score (nSPS) is 15.2. The van der Waals surface area contributed by atoms with E-state index in [0.29, 0.717) is 0 Å². The highest BCUT2D eigenvalue weighted by Crippen LogP contribution is 2.19. The summed E-state index contributed by atoms with van der Waals surface area (Å²) in [5.74, 6) is 2.00. The summed E-state index contributed by atoms with van der Waals surface area (Å²) in [5.41, 5.74) is 1.39. The number of benzene rings is 1. The molecule has 1 aliphatic rings. The minimum absolute atomic E-state index is 0.936. The third kappa shape index (κ3) is 4.95. The van der Waals surface area contributed by atoms with Gasteiger partial charge in [-0.25, -0.2) is 9.97 Å². The standard InChI is InChI=1S/C19H26N4/c1-2-7-14-23(13-6-1)19-15-18(21-16-22-19)20-12-8-11-17-9-4-3-5-10-17/h3-5,9-10,15-16H,1-2,6-8,11-14H2,(H,20,21,22). The van der Waals surface area contributed by atoms with Gasteiger partial charge in [0.15, 0.2) is 0 Å². The summed E-state index contributed by atoms with van der Waals surface area (Å²) < 4.78 is 0. The largest absolute Gasteiger partial charge is 0.370 e. The number of anilines is 2. The van der Waals surface area contributed by atoms with Gasteiger partial charge < -0.3 is 10.2 Å². The fraction of sp³-hybridized carbons (Fsp3) is 0.474. The lowest BCUT2D eigenvalue weighted by atomic mass is 10.1. The van der Waals surface area contributed by atoms with Crippen LogP contribution in [0.25, 0.3) is 0 Å². The van der Waals surface area contributed by atoms with Crippen LogP contribution in [0.5, 0.6) is 0 Å². The maximum absolute atomic E-state index is 4.46. The first kappa shape index (κ1) is 15.8. The molecule has 0 unspecified atom stereocenters. The summed E-state index contributed by atoms with van der Waals surface area (Å²) in [6, 6.07) is 12.7. The fourth-order valence-corrected chi connectivity index (χ4v) is 3.07. The summed E-state index contributed by atoms with van der Waals surface area (Å²) in [7, 11) is 0. The van der Waals surface area contributed by atoms with Gasteiger partial charge in [-0.3, -0.25) is 0 Å². The van der Waals surface area contributed by atoms with Crippen molar-refractivity contribution in [3.8, 4) is 0 Å². The Morgan fingerprint density at radius 3 is 2.52 bits per heavy atom. The van der Waals surface area contributed by atoms with Gasteiger partial charge in [0.05, 0.1) is 0 Å². The molecule has 23 heavy (non-hydrogen) atoms. The Morgan fingerprint density at radius 1 is 0.957 bits per heavy atom. The lowest BCUT2D eigenvalue weighted by Gasteiger charge is -2.21. The molecule has 0 spiro atoms. The number of aromatic nitrogens is 2. The van der Waals surface area contributed by atoms with Crippen LogP contribution < -0.4 is 10.2 Å². The number of rotatable bonds is 6. The van der Waals surface area contributed by atoms with Crippen LogP contribution in [0.2, 0.25) is 0 Å². The number of aryl methyl sites for hydroxylation is 1. The topological polar surface area (TPSA) is 41.0 Å². The molecule has 0 aliphatic carbocycles. The quantitative estimate of drug-likeness (QED) is 0.822. The highest BCUT2D eigenvalue weighted by atomic mass is 15.2. The van der Waals surface area contributed by atoms with E-state index < -0.39 is 0 Å². The molecule has 0 bridgehead atoms. The zero-order valence-electron chi connectivity index (χ0n) is 13.7. The second kappa shape index (κ2) is 8.51. The summed E-state index contributed by atoms with van der Waals surface area (Å²) in [6.07, 6.45) is 9.09. The Hall–Kier alpha value is -2.10. The molecule has 122 valence electrons. The summed E-state index contributed by atoms with van der Waals surface area (Å²) in [4.78, 5) is 11.2. The molecule has 2 heterocycles. The number of nitrogens with one attached hydrogen (secondary N) is 1. The first-order valence-corrected chi connectivity index (χ1v) is 8.76. The minimum Gasteiger partial charge on any atom is -0.370 e. The molecule has 0 saturated carbocycles. The molecule has 0 atom stereocenters. The zero-order chi connectivity index (χ0) is 15.7. The van der Waals surface area contributed by atoms with Crippen LogP contribution in [-0.2, 0) is 6.42 Å². The van der Waals surface area contributed by atoms with Gasteiger partial charge in [0, 0.05) is 25.7 Å². The second-order valence-corrected chi connectivity index (χ2v) is 6.18. The van der Waals surface area contributed by atoms with Gasteiger partial charge in [-0.2, -0.15) is 0 Å². The maximum atomic E-state index is 4.46. The Morgan fingerprint density at radius 2 is 1.74 bits per heavy atom. The molecule has 4 heteroatoms. The van der Waals surface area contributed by atoms with E-state index in [1.807, 2.05) is 0 Å². The highest BCUT2D eigenvalue weighted by molar-refractivity contribution is 5.48. The van der Waals surface area contributed by atoms with Crippen LogP contribution in [0, 0.1) is 0 Å². The van der Waals surface area contributed by atoms with E-state index >= 15 is 0 Å². The van der Waals surface area contributed by atoms with Gasteiger partial charge in [0.1, 0.15) is 18.0 Å². The Kier molecular flexibility index (Phi) is 5.84. The van der Waals surface area contributed by atoms with Crippen molar-refractivity contribution in [2.45, 2.75) is 38.5 Å². The molecule has 2 aromatic rings. The monoisotopic (exact) mass is 310 g/mol. The summed E-state index contributed by atoms with van der Waals surface area (Å²) in [6.45, 7) is 3.17. The first-order valence-electron chi connectivity index (χ1n) is 8.76. The molecular weight excluding hydrogens is 284 g/mol. The molecule has 0 amide bonds. The molecule has 1 fully saturated rings. The second-order valence-electron chi connectivity index (χ2n) is 6.18. The van der Waals surface area contributed by atoms with Crippen molar-refractivity contribution in [3.05, 3.63) is 48.3 Å². The van der Waals surface area contributed by atoms with E-state index in [-0.39, 0.29) is 0 Å². The van der Waals surface area contributed by atoms with Crippen LogP contribution in [0.15, 0.2) is 42.7 Å². The van der Waals surface area contributed by atoms with Crippen LogP contribution >= 0.6 is 0 Å². The van der Waals surface area contributed by atoms with Gasteiger partial charge in [0.2, 0.25) is 0 Å². The van der Waals surface area contributed by atoms with Gasteiger partial charge in [-0.1, -0.05) is 43.2 Å². The lowest BCUT2D eigenvalue weighted by Crippen LogP contribution is -2.25. The average molecular weight is 310 g/mol. The SMILES string of the molecule is c1ccc(CCCNc2cc(N3CCCCCC3)ncn2)cc1. The molecule has 1 N–H and O–H groups in total. The number of hydrogen-bond acceptors (Lipinski definition) is 4. The van der Waals surface area contributed by atoms with Gasteiger partial charge in [-0.15, -0.1) is 0 Å². The number of nitrogens with zero attached hydrogens (tertiary/aromatic N) is 3. The molecule has 1 saturated heterocycles. The van der Waals surface area contributed by atoms with E-state index in [1.54, 1.807) is 6.33 Å². The van der Waals surface area contributed by atoms with E-state index in [9.17, 15) is 0 Å². The minimum atomic E-state index is 0.936. The molecule has 1 aromatic heterocycles. The van der Waals surface area contributed by atoms with Crippen molar-refractivity contribution < 1.29 is 0 Å². The van der Waals surface area contributed by atoms with Gasteiger partial charge >= 0.3 is 0 Å². The number of hydrogen-bond donors (Lipinski definition) is 1. The molecule has 3 rings (SSSR count). The van der Waals surface area contributed by atoms with Crippen LogP contribution in [-0.4, -0.2) is 29.6 Å². The van der Waals surface area contributed by atoms with E-state index in [4.69, 9.17) is 0 Å². The van der Waals surface area contributed by atoms with Crippen molar-refractivity contribution in [1.82, 2.24) is 9.97 Å². The van der Waals surface area contributed by atoms with Crippen molar-refractivity contribution in [1.29, 1.82) is 0 Å². The van der Waals surface area contributed by atoms with E-state index in [1.165, 1.54) is 31.2 Å². The highest BCUT2D eigenvalue weighted by Gasteiger charge is 2.11. The first-order chi connectivity index (χ1) is 11.4. The molecule has 0 radical (unpaired) electrons. The van der Waals surface area contributed by atoms with Crippen molar-refractivity contribution in [3.63, 3.8) is 0 Å². The summed E-state index contributed by atoms with van der Waals surface area (Å²) >= 11 is 0. The van der Waals surface area contributed by atoms with Crippen molar-refractivity contribution in [2.24, 2.45) is 0 Å². The van der Waals surface area contributed by atoms with E-state index in [0.717, 1.165) is 44.1 Å². The predicted molar refractivity (Wildman–Crippen MR) is 96.0 cm³/mol. The Balaban J connectivity index is 1.49. The molecular formula is C19H26N4. The third-order valence-electron chi connectivity index (χ3n) is 4.37. The smallest absolute Gasteiger partial charge is 0.134 e. The predicted octanol–water partition coefficient (Wildman–Crippen LogP) is 3.90. The lowest BCUT2D eigenvalue weighted by molar-refractivity contribution is 0.726. The maximum Gasteiger partial charge on any atom is 0.134 e. The zero-order valence-corrected chi connectivity index (χ0v) is 13.7. The van der Waals surface area contributed by atoms with Crippen LogP contribution in [0.3, 0.4) is 0 Å². The van der Waals surface area contributed by atoms with Crippen molar-refractivity contribution in [2.75, 3.05) is 29.9 Å².